The molecule has 4 rings (SSSR count). The van der Waals surface area contributed by atoms with Crippen molar-refractivity contribution in [2.75, 3.05) is 39.0 Å². The van der Waals surface area contributed by atoms with Gasteiger partial charge in [0.15, 0.2) is 5.82 Å². The molecule has 1 aliphatic rings. The van der Waals surface area contributed by atoms with E-state index in [1.165, 1.54) is 11.8 Å². The van der Waals surface area contributed by atoms with Crippen molar-refractivity contribution in [1.29, 1.82) is 0 Å². The average Bonchev–Trinajstić information content (AvgIpc) is 3.41. The topological polar surface area (TPSA) is 120 Å². The van der Waals surface area contributed by atoms with Crippen molar-refractivity contribution < 1.29 is 9.53 Å². The van der Waals surface area contributed by atoms with Gasteiger partial charge >= 0.3 is 0 Å². The normalized spacial score (nSPS) is 14.8. The van der Waals surface area contributed by atoms with Crippen LogP contribution in [0.1, 0.15) is 5.82 Å². The predicted molar refractivity (Wildman–Crippen MR) is 107 cm³/mol. The average molecular weight is 430 g/mol. The second kappa shape index (κ2) is 9.17. The first-order valence-electron chi connectivity index (χ1n) is 9.41. The first kappa shape index (κ1) is 20.2. The number of hydrogen-bond donors (Lipinski definition) is 0. The van der Waals surface area contributed by atoms with Gasteiger partial charge < -0.3 is 9.64 Å². The number of ether oxygens (including phenoxy) is 1. The monoisotopic (exact) mass is 430 g/mol. The second-order valence-electron chi connectivity index (χ2n) is 6.74. The number of amides is 1. The second-order valence-corrected chi connectivity index (χ2v) is 7.68. The molecule has 0 radical (unpaired) electrons. The van der Waals surface area contributed by atoms with Gasteiger partial charge in [0, 0.05) is 33.2 Å². The molecule has 30 heavy (non-hydrogen) atoms. The molecule has 0 aliphatic carbocycles. The Balaban J connectivity index is 1.29. The standard InChI is InChI=1S/C17H22N10O2S/c1-24-17(19-21-22-24)30-12-16(28)26-9-7-25(8-10-26)11-15-18-20-23-27(15)13-3-5-14(29-2)6-4-13/h3-6H,7-12H2,1-2H3. The van der Waals surface area contributed by atoms with Crippen LogP contribution in [-0.2, 0) is 18.4 Å². The van der Waals surface area contributed by atoms with Crippen molar-refractivity contribution >= 4 is 17.7 Å². The van der Waals surface area contributed by atoms with Gasteiger partial charge in [-0.15, -0.1) is 10.2 Å². The molecule has 3 aromatic rings. The molecule has 0 N–H and O–H groups in total. The van der Waals surface area contributed by atoms with E-state index in [2.05, 4.69) is 36.0 Å². The Labute approximate surface area is 177 Å². The number of thioether (sulfide) groups is 1. The van der Waals surface area contributed by atoms with Crippen LogP contribution in [0, 0.1) is 0 Å². The van der Waals surface area contributed by atoms with Crippen LogP contribution >= 0.6 is 11.8 Å². The van der Waals surface area contributed by atoms with Crippen LogP contribution in [0.5, 0.6) is 5.75 Å². The number of piperazine rings is 1. The highest BCUT2D eigenvalue weighted by Crippen LogP contribution is 2.17. The molecule has 0 saturated carbocycles. The number of carbonyl (C=O) groups excluding carboxylic acids is 1. The van der Waals surface area contributed by atoms with Gasteiger partial charge in [-0.2, -0.15) is 4.68 Å². The Morgan fingerprint density at radius 3 is 2.47 bits per heavy atom. The number of rotatable bonds is 7. The number of benzene rings is 1. The fraction of sp³-hybridized carbons (Fsp3) is 0.471. The van der Waals surface area contributed by atoms with E-state index in [1.807, 2.05) is 29.2 Å². The van der Waals surface area contributed by atoms with Crippen molar-refractivity contribution in [3.05, 3.63) is 30.1 Å². The highest BCUT2D eigenvalue weighted by molar-refractivity contribution is 7.99. The zero-order chi connectivity index (χ0) is 20.9. The smallest absolute Gasteiger partial charge is 0.233 e. The SMILES string of the molecule is COc1ccc(-n2nnnc2CN2CCN(C(=O)CSc3nnnn3C)CC2)cc1. The number of nitrogens with zero attached hydrogens (tertiary/aromatic N) is 10. The summed E-state index contributed by atoms with van der Waals surface area (Å²) in [6, 6.07) is 7.58. The minimum absolute atomic E-state index is 0.0886. The van der Waals surface area contributed by atoms with Gasteiger partial charge in [0.2, 0.25) is 11.1 Å². The van der Waals surface area contributed by atoms with E-state index < -0.39 is 0 Å². The molecule has 13 heteroatoms. The summed E-state index contributed by atoms with van der Waals surface area (Å²) < 4.78 is 8.48. The van der Waals surface area contributed by atoms with Crippen LogP contribution in [0.25, 0.3) is 5.69 Å². The number of hydrogen-bond acceptors (Lipinski definition) is 10. The van der Waals surface area contributed by atoms with Crippen LogP contribution in [-0.4, -0.2) is 95.2 Å². The molecule has 1 aliphatic heterocycles. The Morgan fingerprint density at radius 1 is 1.07 bits per heavy atom. The van der Waals surface area contributed by atoms with Gasteiger partial charge in [0.05, 0.1) is 25.1 Å². The van der Waals surface area contributed by atoms with E-state index in [0.29, 0.717) is 30.5 Å². The van der Waals surface area contributed by atoms with Crippen molar-refractivity contribution in [3.63, 3.8) is 0 Å². The molecular formula is C17H22N10O2S. The quantitative estimate of drug-likeness (QED) is 0.459. The van der Waals surface area contributed by atoms with Crippen molar-refractivity contribution in [3.8, 4) is 11.4 Å². The summed E-state index contributed by atoms with van der Waals surface area (Å²) in [4.78, 5) is 16.6. The molecule has 12 nitrogen and oxygen atoms in total. The third-order valence-corrected chi connectivity index (χ3v) is 5.84. The van der Waals surface area contributed by atoms with Gasteiger partial charge in [0.1, 0.15) is 5.75 Å². The number of aromatic nitrogens is 8. The maximum absolute atomic E-state index is 12.5. The third kappa shape index (κ3) is 4.57. The fourth-order valence-corrected chi connectivity index (χ4v) is 3.90. The first-order chi connectivity index (χ1) is 14.6. The molecule has 1 fully saturated rings. The van der Waals surface area contributed by atoms with E-state index in [-0.39, 0.29) is 5.91 Å². The zero-order valence-electron chi connectivity index (χ0n) is 16.7. The summed E-state index contributed by atoms with van der Waals surface area (Å²) in [6.07, 6.45) is 0. The van der Waals surface area contributed by atoms with Crippen LogP contribution < -0.4 is 4.74 Å². The molecule has 3 heterocycles. The van der Waals surface area contributed by atoms with E-state index in [0.717, 1.165) is 30.4 Å². The molecule has 0 bridgehead atoms. The molecule has 1 aromatic carbocycles. The summed E-state index contributed by atoms with van der Waals surface area (Å²) in [5.74, 6) is 1.95. The highest BCUT2D eigenvalue weighted by atomic mass is 32.2. The summed E-state index contributed by atoms with van der Waals surface area (Å²) in [5, 5.41) is 24.0. The lowest BCUT2D eigenvalue weighted by molar-refractivity contribution is -0.130. The maximum Gasteiger partial charge on any atom is 0.233 e. The van der Waals surface area contributed by atoms with E-state index >= 15 is 0 Å². The van der Waals surface area contributed by atoms with Gasteiger partial charge in [-0.3, -0.25) is 9.69 Å². The highest BCUT2D eigenvalue weighted by Gasteiger charge is 2.23. The Bertz CT molecular complexity index is 981. The molecule has 0 atom stereocenters. The van der Waals surface area contributed by atoms with E-state index in [9.17, 15) is 4.79 Å². The van der Waals surface area contributed by atoms with Crippen LogP contribution in [0.4, 0.5) is 0 Å². The molecule has 2 aromatic heterocycles. The van der Waals surface area contributed by atoms with Gasteiger partial charge in [-0.1, -0.05) is 11.8 Å². The Hall–Kier alpha value is -3.06. The maximum atomic E-state index is 12.5. The fourth-order valence-electron chi connectivity index (χ4n) is 3.14. The van der Waals surface area contributed by atoms with Crippen LogP contribution in [0.15, 0.2) is 29.4 Å². The molecule has 0 unspecified atom stereocenters. The number of aryl methyl sites for hydroxylation is 1. The summed E-state index contributed by atoms with van der Waals surface area (Å²) in [7, 11) is 3.39. The lowest BCUT2D eigenvalue weighted by atomic mass is 10.3. The van der Waals surface area contributed by atoms with Crippen LogP contribution in [0.2, 0.25) is 0 Å². The summed E-state index contributed by atoms with van der Waals surface area (Å²) in [6.45, 7) is 3.47. The lowest BCUT2D eigenvalue weighted by Crippen LogP contribution is -2.49. The Morgan fingerprint density at radius 2 is 1.80 bits per heavy atom. The molecule has 1 saturated heterocycles. The number of carbonyl (C=O) groups is 1. The van der Waals surface area contributed by atoms with Crippen LogP contribution in [0.3, 0.4) is 0 Å². The van der Waals surface area contributed by atoms with Gasteiger partial charge in [0.25, 0.3) is 0 Å². The zero-order valence-corrected chi connectivity index (χ0v) is 17.6. The van der Waals surface area contributed by atoms with E-state index in [4.69, 9.17) is 4.74 Å². The molecule has 158 valence electrons. The Kier molecular flexibility index (Phi) is 6.18. The molecule has 0 spiro atoms. The largest absolute Gasteiger partial charge is 0.497 e. The minimum atomic E-state index is 0.0886. The minimum Gasteiger partial charge on any atom is -0.497 e. The van der Waals surface area contributed by atoms with Crippen molar-refractivity contribution in [1.82, 2.24) is 50.2 Å². The van der Waals surface area contributed by atoms with Gasteiger partial charge in [-0.25, -0.2) is 4.68 Å². The summed E-state index contributed by atoms with van der Waals surface area (Å²) >= 11 is 1.35. The first-order valence-corrected chi connectivity index (χ1v) is 10.4. The molecule has 1 amide bonds. The molecular weight excluding hydrogens is 408 g/mol. The van der Waals surface area contributed by atoms with E-state index in [1.54, 1.807) is 23.5 Å². The summed E-state index contributed by atoms with van der Waals surface area (Å²) in [5.41, 5.74) is 0.875. The van der Waals surface area contributed by atoms with Crippen molar-refractivity contribution in [2.45, 2.75) is 11.7 Å². The number of methoxy groups -OCH3 is 1. The van der Waals surface area contributed by atoms with Gasteiger partial charge in [-0.05, 0) is 45.1 Å². The predicted octanol–water partition coefficient (Wildman–Crippen LogP) is -0.369. The van der Waals surface area contributed by atoms with Crippen molar-refractivity contribution in [2.24, 2.45) is 7.05 Å². The third-order valence-electron chi connectivity index (χ3n) is 4.85. The number of tetrazole rings is 2. The lowest BCUT2D eigenvalue weighted by Gasteiger charge is -2.34.